The van der Waals surface area contributed by atoms with Crippen molar-refractivity contribution in [1.29, 1.82) is 0 Å². The van der Waals surface area contributed by atoms with E-state index in [1.165, 1.54) is 16.4 Å². The molecule has 0 fully saturated rings. The average Bonchev–Trinajstić information content (AvgIpc) is 2.66. The Balaban J connectivity index is 1.99. The van der Waals surface area contributed by atoms with Crippen molar-refractivity contribution in [2.45, 2.75) is 45.4 Å². The fraction of sp³-hybridized carbons (Fsp3) is 0.409. The number of sulfonamides is 1. The second-order valence-electron chi connectivity index (χ2n) is 7.09. The second-order valence-corrected chi connectivity index (χ2v) is 9.03. The number of nitrogens with zero attached hydrogens (tertiary/aromatic N) is 1. The van der Waals surface area contributed by atoms with Gasteiger partial charge in [-0.1, -0.05) is 19.9 Å². The van der Waals surface area contributed by atoms with E-state index in [9.17, 15) is 13.2 Å². The zero-order valence-electron chi connectivity index (χ0n) is 17.6. The minimum absolute atomic E-state index is 0.121. The van der Waals surface area contributed by atoms with Crippen molar-refractivity contribution in [3.05, 3.63) is 53.6 Å². The van der Waals surface area contributed by atoms with Gasteiger partial charge in [0.1, 0.15) is 5.75 Å². The molecule has 0 unspecified atom stereocenters. The standard InChI is InChI=1S/C22H30N2O4S/c1-5-11-24(12-6-2)29(26,27)21-9-7-19(8-10-21)23-22(25)16-28-20-14-17(3)13-18(4)15-20/h7-10,13-15H,5-6,11-12,16H2,1-4H3,(H,23,25). The van der Waals surface area contributed by atoms with Gasteiger partial charge in [0.25, 0.3) is 5.91 Å². The van der Waals surface area contributed by atoms with Crippen LogP contribution in [0, 0.1) is 13.8 Å². The number of aryl methyl sites for hydroxylation is 2. The number of carbonyl (C=O) groups excluding carboxylic acids is 1. The maximum absolute atomic E-state index is 12.8. The Morgan fingerprint density at radius 2 is 1.52 bits per heavy atom. The molecule has 7 heteroatoms. The Morgan fingerprint density at radius 3 is 2.03 bits per heavy atom. The van der Waals surface area contributed by atoms with Crippen molar-refractivity contribution >= 4 is 21.6 Å². The third-order valence-electron chi connectivity index (χ3n) is 4.29. The first-order chi connectivity index (χ1) is 13.8. The number of anilines is 1. The second kappa shape index (κ2) is 10.4. The summed E-state index contributed by atoms with van der Waals surface area (Å²) in [7, 11) is -3.53. The Hall–Kier alpha value is -2.38. The average molecular weight is 419 g/mol. The van der Waals surface area contributed by atoms with Gasteiger partial charge in [-0.3, -0.25) is 4.79 Å². The molecule has 6 nitrogen and oxygen atoms in total. The Labute approximate surface area is 173 Å². The van der Waals surface area contributed by atoms with Crippen LogP contribution in [0.5, 0.6) is 5.75 Å². The molecule has 2 aromatic carbocycles. The lowest BCUT2D eigenvalue weighted by molar-refractivity contribution is -0.118. The van der Waals surface area contributed by atoms with E-state index in [-0.39, 0.29) is 17.4 Å². The minimum atomic E-state index is -3.53. The van der Waals surface area contributed by atoms with Gasteiger partial charge in [-0.25, -0.2) is 8.42 Å². The first-order valence-electron chi connectivity index (χ1n) is 9.87. The van der Waals surface area contributed by atoms with E-state index in [1.807, 2.05) is 45.9 Å². The Kier molecular flexibility index (Phi) is 8.22. The number of ether oxygens (including phenoxy) is 1. The zero-order chi connectivity index (χ0) is 21.4. The van der Waals surface area contributed by atoms with Gasteiger partial charge in [0.2, 0.25) is 10.0 Å². The van der Waals surface area contributed by atoms with Gasteiger partial charge >= 0.3 is 0 Å². The van der Waals surface area contributed by atoms with Crippen molar-refractivity contribution in [2.24, 2.45) is 0 Å². The monoisotopic (exact) mass is 418 g/mol. The topological polar surface area (TPSA) is 75.7 Å². The third kappa shape index (κ3) is 6.58. The van der Waals surface area contributed by atoms with E-state index >= 15 is 0 Å². The number of rotatable bonds is 10. The first kappa shape index (κ1) is 22.9. The molecule has 0 saturated carbocycles. The summed E-state index contributed by atoms with van der Waals surface area (Å²) in [5.74, 6) is 0.337. The number of hydrogen-bond donors (Lipinski definition) is 1. The van der Waals surface area contributed by atoms with Crippen LogP contribution in [0.15, 0.2) is 47.4 Å². The summed E-state index contributed by atoms with van der Waals surface area (Å²) in [6.07, 6.45) is 1.52. The first-order valence-corrected chi connectivity index (χ1v) is 11.3. The van der Waals surface area contributed by atoms with Gasteiger partial charge < -0.3 is 10.1 Å². The van der Waals surface area contributed by atoms with Gasteiger partial charge in [-0.05, 0) is 74.2 Å². The molecule has 0 heterocycles. The van der Waals surface area contributed by atoms with Crippen molar-refractivity contribution in [3.63, 3.8) is 0 Å². The summed E-state index contributed by atoms with van der Waals surface area (Å²) in [6.45, 7) is 8.71. The molecular formula is C22H30N2O4S. The summed E-state index contributed by atoms with van der Waals surface area (Å²) in [5, 5.41) is 2.73. The van der Waals surface area contributed by atoms with Crippen LogP contribution in [0.4, 0.5) is 5.69 Å². The molecule has 0 atom stereocenters. The fourth-order valence-electron chi connectivity index (χ4n) is 3.07. The molecule has 2 rings (SSSR count). The van der Waals surface area contributed by atoms with Crippen LogP contribution in [0.2, 0.25) is 0 Å². The van der Waals surface area contributed by atoms with Crippen molar-refractivity contribution in [2.75, 3.05) is 25.0 Å². The number of carbonyl (C=O) groups is 1. The lowest BCUT2D eigenvalue weighted by Gasteiger charge is -2.21. The number of nitrogens with one attached hydrogen (secondary N) is 1. The van der Waals surface area contributed by atoms with Gasteiger partial charge in [0.15, 0.2) is 6.61 Å². The maximum atomic E-state index is 12.8. The maximum Gasteiger partial charge on any atom is 0.262 e. The highest BCUT2D eigenvalue weighted by Gasteiger charge is 2.22. The minimum Gasteiger partial charge on any atom is -0.484 e. The number of hydrogen-bond acceptors (Lipinski definition) is 4. The molecular weight excluding hydrogens is 388 g/mol. The molecule has 0 aliphatic carbocycles. The Bertz CT molecular complexity index is 898. The van der Waals surface area contributed by atoms with Gasteiger partial charge in [-0.2, -0.15) is 4.31 Å². The molecule has 1 amide bonds. The van der Waals surface area contributed by atoms with E-state index < -0.39 is 10.0 Å². The summed E-state index contributed by atoms with van der Waals surface area (Å²) in [5.41, 5.74) is 2.66. The molecule has 158 valence electrons. The molecule has 0 aliphatic rings. The van der Waals surface area contributed by atoms with Crippen molar-refractivity contribution in [3.8, 4) is 5.75 Å². The van der Waals surface area contributed by atoms with E-state index in [4.69, 9.17) is 4.74 Å². The fourth-order valence-corrected chi connectivity index (χ4v) is 4.70. The number of amides is 1. The smallest absolute Gasteiger partial charge is 0.262 e. The Morgan fingerprint density at radius 1 is 0.966 bits per heavy atom. The predicted octanol–water partition coefficient (Wildman–Crippen LogP) is 4.13. The van der Waals surface area contributed by atoms with Crippen LogP contribution in [-0.2, 0) is 14.8 Å². The van der Waals surface area contributed by atoms with Gasteiger partial charge in [0.05, 0.1) is 4.90 Å². The summed E-state index contributed by atoms with van der Waals surface area (Å²) in [6, 6.07) is 12.0. The molecule has 2 aromatic rings. The highest BCUT2D eigenvalue weighted by atomic mass is 32.2. The van der Waals surface area contributed by atoms with Crippen LogP contribution in [-0.4, -0.2) is 38.3 Å². The van der Waals surface area contributed by atoms with Crippen LogP contribution >= 0.6 is 0 Å². The van der Waals surface area contributed by atoms with Gasteiger partial charge in [0, 0.05) is 18.8 Å². The van der Waals surface area contributed by atoms with Crippen LogP contribution in [0.3, 0.4) is 0 Å². The molecule has 0 aliphatic heterocycles. The summed E-state index contributed by atoms with van der Waals surface area (Å²) >= 11 is 0. The lowest BCUT2D eigenvalue weighted by Crippen LogP contribution is -2.32. The van der Waals surface area contributed by atoms with E-state index in [0.717, 1.165) is 24.0 Å². The SMILES string of the molecule is CCCN(CCC)S(=O)(=O)c1ccc(NC(=O)COc2cc(C)cc(C)c2)cc1. The van der Waals surface area contributed by atoms with Crippen LogP contribution < -0.4 is 10.1 Å². The van der Waals surface area contributed by atoms with E-state index in [2.05, 4.69) is 5.32 Å². The van der Waals surface area contributed by atoms with Crippen LogP contribution in [0.1, 0.15) is 37.8 Å². The zero-order valence-corrected chi connectivity index (χ0v) is 18.4. The summed E-state index contributed by atoms with van der Waals surface area (Å²) in [4.78, 5) is 12.4. The highest BCUT2D eigenvalue weighted by Crippen LogP contribution is 2.20. The molecule has 0 saturated heterocycles. The molecule has 1 N–H and O–H groups in total. The quantitative estimate of drug-likeness (QED) is 0.629. The highest BCUT2D eigenvalue weighted by molar-refractivity contribution is 7.89. The number of benzene rings is 2. The molecule has 0 aromatic heterocycles. The molecule has 0 bridgehead atoms. The predicted molar refractivity (Wildman–Crippen MR) is 116 cm³/mol. The normalized spacial score (nSPS) is 11.5. The van der Waals surface area contributed by atoms with Crippen molar-refractivity contribution in [1.82, 2.24) is 4.31 Å². The van der Waals surface area contributed by atoms with Crippen LogP contribution in [0.25, 0.3) is 0 Å². The largest absolute Gasteiger partial charge is 0.484 e. The summed E-state index contributed by atoms with van der Waals surface area (Å²) < 4.78 is 32.6. The molecule has 29 heavy (non-hydrogen) atoms. The molecule has 0 spiro atoms. The van der Waals surface area contributed by atoms with Gasteiger partial charge in [-0.15, -0.1) is 0 Å². The lowest BCUT2D eigenvalue weighted by atomic mass is 10.1. The van der Waals surface area contributed by atoms with Crippen molar-refractivity contribution < 1.29 is 17.9 Å². The third-order valence-corrected chi connectivity index (χ3v) is 6.20. The van der Waals surface area contributed by atoms with E-state index in [0.29, 0.717) is 24.5 Å². The molecule has 0 radical (unpaired) electrons. The van der Waals surface area contributed by atoms with E-state index in [1.54, 1.807) is 12.1 Å².